The van der Waals surface area contributed by atoms with Crippen molar-refractivity contribution in [2.24, 2.45) is 11.1 Å². The smallest absolute Gasteiger partial charge is 0.405 e. The maximum absolute atomic E-state index is 12.2. The minimum Gasteiger partial charge on any atom is -0.443 e. The maximum atomic E-state index is 12.2. The van der Waals surface area contributed by atoms with Crippen molar-refractivity contribution in [3.63, 3.8) is 0 Å². The molecule has 3 atom stereocenters. The van der Waals surface area contributed by atoms with Crippen LogP contribution in [0, 0.1) is 5.41 Å². The Labute approximate surface area is 240 Å². The van der Waals surface area contributed by atoms with Crippen molar-refractivity contribution in [2.45, 2.75) is 115 Å². The van der Waals surface area contributed by atoms with Gasteiger partial charge in [0.05, 0.1) is 6.10 Å². The highest BCUT2D eigenvalue weighted by Crippen LogP contribution is 2.53. The lowest BCUT2D eigenvalue weighted by Crippen LogP contribution is -2.46. The molecule has 0 aliphatic heterocycles. The molecule has 0 aromatic heterocycles. The summed E-state index contributed by atoms with van der Waals surface area (Å²) in [6.45, 7) is 22.5. The van der Waals surface area contributed by atoms with Gasteiger partial charge in [0.2, 0.25) is 0 Å². The van der Waals surface area contributed by atoms with Crippen LogP contribution < -0.4 is 5.73 Å². The number of primary amides is 1. The topological polar surface area (TPSA) is 72.6 Å². The Morgan fingerprint density at radius 1 is 0.947 bits per heavy atom. The number of ether oxygens (including phenoxy) is 1. The van der Waals surface area contributed by atoms with Crippen LogP contribution >= 0.6 is 22.8 Å². The molecular weight excluding hydrogens is 530 g/mol. The molecule has 0 saturated carbocycles. The highest BCUT2D eigenvalue weighted by molar-refractivity contribution is 8.29. The maximum Gasteiger partial charge on any atom is 0.405 e. The molecule has 0 aliphatic carbocycles. The van der Waals surface area contributed by atoms with Gasteiger partial charge in [0, 0.05) is 22.3 Å². The molecule has 38 heavy (non-hydrogen) atoms. The second-order valence-corrected chi connectivity index (χ2v) is 21.8. The average Bonchev–Trinajstić information content (AvgIpc) is 2.76. The number of carbonyl (C=O) groups is 1. The number of aliphatic hydroxyl groups is 1. The fourth-order valence-corrected chi connectivity index (χ4v) is 16.1. The highest BCUT2D eigenvalue weighted by Gasteiger charge is 2.47. The van der Waals surface area contributed by atoms with Gasteiger partial charge in [0.15, 0.2) is 0 Å². The van der Waals surface area contributed by atoms with E-state index in [9.17, 15) is 9.90 Å². The average molecular weight is 578 g/mol. The first-order chi connectivity index (χ1) is 17.4. The highest BCUT2D eigenvalue weighted by atomic mass is 35.5. The zero-order valence-electron chi connectivity index (χ0n) is 24.8. The van der Waals surface area contributed by atoms with Crippen LogP contribution in [0.4, 0.5) is 4.79 Å². The van der Waals surface area contributed by atoms with E-state index in [2.05, 4.69) is 97.8 Å². The number of carbonyl (C=O) groups excluding carboxylic acids is 1. The van der Waals surface area contributed by atoms with Gasteiger partial charge in [-0.1, -0.05) is 98.2 Å². The molecule has 212 valence electrons. The van der Waals surface area contributed by atoms with Crippen LogP contribution in [-0.4, -0.2) is 24.0 Å². The minimum atomic E-state index is -1.69. The number of benzene rings is 2. The van der Waals surface area contributed by atoms with Gasteiger partial charge in [0.25, 0.3) is 0 Å². The van der Waals surface area contributed by atoms with Gasteiger partial charge in [-0.2, -0.15) is 11.2 Å². The largest absolute Gasteiger partial charge is 0.443 e. The molecular formula is C31H48ClNO3SSi. The summed E-state index contributed by atoms with van der Waals surface area (Å²) in [6, 6.07) is 15.9. The SMILES string of the molecule is CC(C)[Si](Sc1ccc(C(C(C)(C)C)[C@@](C)(C[C@@H](O)c2cccc(Cl)c2)OC(N)=O)cc1)(C(C)C)C(C)C. The summed E-state index contributed by atoms with van der Waals surface area (Å²) in [7, 11) is -1.69. The van der Waals surface area contributed by atoms with E-state index in [1.165, 1.54) is 4.90 Å². The Balaban J connectivity index is 2.52. The van der Waals surface area contributed by atoms with E-state index in [1.54, 1.807) is 18.2 Å². The van der Waals surface area contributed by atoms with E-state index in [4.69, 9.17) is 22.1 Å². The Kier molecular flexibility index (Phi) is 11.0. The first-order valence-corrected chi connectivity index (χ1v) is 17.8. The number of hydrogen-bond donors (Lipinski definition) is 2. The molecule has 4 nitrogen and oxygen atoms in total. The molecule has 0 heterocycles. The Hall–Kier alpha value is -1.47. The van der Waals surface area contributed by atoms with Gasteiger partial charge in [-0.3, -0.25) is 0 Å². The van der Waals surface area contributed by atoms with Gasteiger partial charge in [-0.05, 0) is 64.4 Å². The zero-order chi connectivity index (χ0) is 29.1. The second-order valence-electron chi connectivity index (χ2n) is 12.8. The van der Waals surface area contributed by atoms with E-state index in [0.717, 1.165) is 5.56 Å². The Bertz CT molecular complexity index is 1050. The third-order valence-electron chi connectivity index (χ3n) is 7.86. The summed E-state index contributed by atoms with van der Waals surface area (Å²) in [4.78, 5) is 13.4. The molecule has 2 rings (SSSR count). The molecule has 0 aliphatic rings. The summed E-state index contributed by atoms with van der Waals surface area (Å²) in [5, 5.41) is 11.7. The summed E-state index contributed by atoms with van der Waals surface area (Å²) in [5.74, 6) is -0.224. The quantitative estimate of drug-likeness (QED) is 0.261. The van der Waals surface area contributed by atoms with Crippen molar-refractivity contribution in [2.75, 3.05) is 0 Å². The van der Waals surface area contributed by atoms with Gasteiger partial charge in [-0.15, -0.1) is 0 Å². The van der Waals surface area contributed by atoms with Crippen LogP contribution in [0.5, 0.6) is 0 Å². The first-order valence-electron chi connectivity index (χ1n) is 13.6. The van der Waals surface area contributed by atoms with E-state index in [-0.39, 0.29) is 17.8 Å². The number of rotatable bonds is 11. The van der Waals surface area contributed by atoms with E-state index in [0.29, 0.717) is 27.2 Å². The molecule has 0 fully saturated rings. The van der Waals surface area contributed by atoms with Crippen LogP contribution in [0.2, 0.25) is 21.6 Å². The molecule has 7 heteroatoms. The second kappa shape index (κ2) is 12.8. The summed E-state index contributed by atoms with van der Waals surface area (Å²) in [6.07, 6.45) is -1.56. The van der Waals surface area contributed by atoms with Gasteiger partial charge < -0.3 is 15.6 Å². The molecule has 0 saturated heterocycles. The number of amides is 1. The number of halogens is 1. The fourth-order valence-electron chi connectivity index (χ4n) is 6.72. The molecule has 0 radical (unpaired) electrons. The van der Waals surface area contributed by atoms with Gasteiger partial charge >= 0.3 is 6.09 Å². The van der Waals surface area contributed by atoms with Crippen LogP contribution in [0.3, 0.4) is 0 Å². The van der Waals surface area contributed by atoms with Gasteiger partial charge in [0.1, 0.15) is 12.8 Å². The summed E-state index contributed by atoms with van der Waals surface area (Å²) in [5.41, 5.74) is 7.91. The molecule has 1 amide bonds. The first kappa shape index (κ1) is 32.7. The normalized spacial score (nSPS) is 16.0. The predicted octanol–water partition coefficient (Wildman–Crippen LogP) is 9.71. The lowest BCUT2D eigenvalue weighted by molar-refractivity contribution is -0.0531. The van der Waals surface area contributed by atoms with Crippen LogP contribution in [-0.2, 0) is 4.74 Å². The van der Waals surface area contributed by atoms with Crippen molar-refractivity contribution >= 4 is 36.1 Å². The monoisotopic (exact) mass is 577 g/mol. The van der Waals surface area contributed by atoms with Crippen molar-refractivity contribution < 1.29 is 14.6 Å². The summed E-state index contributed by atoms with van der Waals surface area (Å²) >= 11 is 8.28. The molecule has 0 bridgehead atoms. The van der Waals surface area contributed by atoms with E-state index < -0.39 is 25.0 Å². The number of hydrogen-bond acceptors (Lipinski definition) is 4. The zero-order valence-corrected chi connectivity index (χ0v) is 27.4. The van der Waals surface area contributed by atoms with Crippen molar-refractivity contribution in [3.05, 3.63) is 64.7 Å². The lowest BCUT2D eigenvalue weighted by atomic mass is 9.65. The summed E-state index contributed by atoms with van der Waals surface area (Å²) < 4.78 is 5.86. The standard InChI is InChI=1S/C31H48ClNO3SSi/c1-20(2)38(21(3)4,22(5)6)37-26-16-14-23(15-17-26)28(30(7,8)9)31(10,36-29(33)35)19-27(34)24-12-11-13-25(32)18-24/h11-18,20-22,27-28,34H,19H2,1-10H3,(H2,33,35)/t27-,28?,31-/m1/s1. The third-order valence-corrected chi connectivity index (χ3v) is 20.4. The molecule has 3 N–H and O–H groups in total. The molecule has 2 aromatic rings. The lowest BCUT2D eigenvalue weighted by Gasteiger charge is -2.45. The van der Waals surface area contributed by atoms with Crippen molar-refractivity contribution in [1.29, 1.82) is 0 Å². The van der Waals surface area contributed by atoms with Crippen LogP contribution in [0.1, 0.15) is 98.8 Å². The predicted molar refractivity (Wildman–Crippen MR) is 166 cm³/mol. The molecule has 2 aromatic carbocycles. The number of aliphatic hydroxyl groups excluding tert-OH is 1. The van der Waals surface area contributed by atoms with Crippen molar-refractivity contribution in [1.82, 2.24) is 0 Å². The molecule has 1 unspecified atom stereocenters. The fraction of sp³-hybridized carbons (Fsp3) is 0.581. The third kappa shape index (κ3) is 7.59. The van der Waals surface area contributed by atoms with Gasteiger partial charge in [-0.25, -0.2) is 4.79 Å². The van der Waals surface area contributed by atoms with Crippen molar-refractivity contribution in [3.8, 4) is 0 Å². The number of nitrogens with two attached hydrogens (primary N) is 1. The Morgan fingerprint density at radius 3 is 1.89 bits per heavy atom. The van der Waals surface area contributed by atoms with E-state index >= 15 is 0 Å². The Morgan fingerprint density at radius 2 is 1.47 bits per heavy atom. The molecule has 0 spiro atoms. The van der Waals surface area contributed by atoms with E-state index in [1.807, 2.05) is 13.0 Å². The minimum absolute atomic E-state index is 0.179. The van der Waals surface area contributed by atoms with Crippen LogP contribution in [0.15, 0.2) is 53.4 Å². The van der Waals surface area contributed by atoms with Crippen LogP contribution in [0.25, 0.3) is 0 Å².